The van der Waals surface area contributed by atoms with Crippen molar-refractivity contribution in [1.29, 1.82) is 0 Å². The molecule has 1 N–H and O–H groups in total. The highest BCUT2D eigenvalue weighted by Gasteiger charge is 2.32. The number of thioether (sulfide) groups is 1. The molecule has 5 rings (SSSR count). The number of hydrogen-bond acceptors (Lipinski definition) is 7. The zero-order chi connectivity index (χ0) is 30.3. The van der Waals surface area contributed by atoms with Crippen molar-refractivity contribution in [2.24, 2.45) is 0 Å². The summed E-state index contributed by atoms with van der Waals surface area (Å²) in [6.07, 6.45) is 4.82. The van der Waals surface area contributed by atoms with Crippen molar-refractivity contribution in [2.45, 2.75) is 19.3 Å². The quantitative estimate of drug-likeness (QED) is 0.122. The molecule has 2 aliphatic heterocycles. The van der Waals surface area contributed by atoms with Crippen LogP contribution in [0.25, 0.3) is 17.2 Å². The summed E-state index contributed by atoms with van der Waals surface area (Å²) in [4.78, 5) is 28.9. The number of amides is 1. The first-order valence-electron chi connectivity index (χ1n) is 13.9. The molecule has 0 atom stereocenters. The largest absolute Gasteiger partial charge is 0.494 e. The van der Waals surface area contributed by atoms with Crippen molar-refractivity contribution >= 4 is 69.5 Å². The van der Waals surface area contributed by atoms with Crippen LogP contribution in [0.1, 0.15) is 35.2 Å². The molecule has 3 aromatic rings. The summed E-state index contributed by atoms with van der Waals surface area (Å²) in [6, 6.07) is 17.4. The van der Waals surface area contributed by atoms with E-state index in [0.29, 0.717) is 56.9 Å². The first-order valence-corrected chi connectivity index (χ1v) is 15.9. The van der Waals surface area contributed by atoms with Gasteiger partial charge in [0.25, 0.3) is 5.91 Å². The van der Waals surface area contributed by atoms with Gasteiger partial charge in [0.05, 0.1) is 17.1 Å². The number of carbonyl (C=O) groups is 2. The molecule has 1 amide bonds. The van der Waals surface area contributed by atoms with E-state index < -0.39 is 5.97 Å². The zero-order valence-electron chi connectivity index (χ0n) is 23.3. The molecule has 0 aromatic heterocycles. The summed E-state index contributed by atoms with van der Waals surface area (Å²) in [7, 11) is 0. The second kappa shape index (κ2) is 14.6. The van der Waals surface area contributed by atoms with E-state index in [2.05, 4.69) is 4.90 Å². The third kappa shape index (κ3) is 8.10. The molecule has 2 aliphatic rings. The van der Waals surface area contributed by atoms with E-state index in [0.717, 1.165) is 36.3 Å². The first kappa shape index (κ1) is 31.3. The second-order valence-corrected chi connectivity index (χ2v) is 12.7. The smallest absolute Gasteiger partial charge is 0.335 e. The molecule has 2 saturated heterocycles. The van der Waals surface area contributed by atoms with Crippen LogP contribution >= 0.6 is 47.2 Å². The van der Waals surface area contributed by atoms with Gasteiger partial charge < -0.3 is 14.6 Å². The maximum Gasteiger partial charge on any atom is 0.335 e. The molecule has 0 unspecified atom stereocenters. The van der Waals surface area contributed by atoms with Crippen LogP contribution in [0.15, 0.2) is 65.6 Å². The summed E-state index contributed by atoms with van der Waals surface area (Å²) >= 11 is 19.4. The molecule has 224 valence electrons. The first-order chi connectivity index (χ1) is 20.8. The fourth-order valence-corrected chi connectivity index (χ4v) is 6.73. The van der Waals surface area contributed by atoms with Gasteiger partial charge in [0.15, 0.2) is 0 Å². The van der Waals surface area contributed by atoms with Gasteiger partial charge in [0.1, 0.15) is 22.4 Å². The number of hydrogen-bond donors (Lipinski definition) is 1. The van der Waals surface area contributed by atoms with E-state index in [4.69, 9.17) is 50.0 Å². The van der Waals surface area contributed by atoms with E-state index in [-0.39, 0.29) is 11.5 Å². The predicted octanol–water partition coefficient (Wildman–Crippen LogP) is 7.50. The van der Waals surface area contributed by atoms with Gasteiger partial charge in [-0.15, -0.1) is 0 Å². The number of halogens is 2. The third-order valence-corrected chi connectivity index (χ3v) is 9.10. The lowest BCUT2D eigenvalue weighted by Gasteiger charge is -2.17. The van der Waals surface area contributed by atoms with Gasteiger partial charge in [-0.25, -0.2) is 4.79 Å². The maximum absolute atomic E-state index is 13.4. The lowest BCUT2D eigenvalue weighted by atomic mass is 10.0. The number of likely N-dealkylation sites (tertiary alicyclic amines) is 1. The summed E-state index contributed by atoms with van der Waals surface area (Å²) < 4.78 is 12.4. The van der Waals surface area contributed by atoms with Crippen LogP contribution in [0.3, 0.4) is 0 Å². The Hall–Kier alpha value is -3.08. The Balaban J connectivity index is 1.28. The average molecular weight is 658 g/mol. The zero-order valence-corrected chi connectivity index (χ0v) is 26.4. The fraction of sp³-hybridized carbons (Fsp3) is 0.281. The van der Waals surface area contributed by atoms with Crippen LogP contribution in [0.2, 0.25) is 10.0 Å². The van der Waals surface area contributed by atoms with Crippen molar-refractivity contribution < 1.29 is 24.2 Å². The number of thiocarbonyl (C=S) groups is 1. The Morgan fingerprint density at radius 1 is 0.977 bits per heavy atom. The van der Waals surface area contributed by atoms with E-state index in [1.165, 1.54) is 36.7 Å². The number of nitrogens with zero attached hydrogens (tertiary/aromatic N) is 2. The van der Waals surface area contributed by atoms with Gasteiger partial charge in [0, 0.05) is 34.3 Å². The molecule has 2 fully saturated rings. The van der Waals surface area contributed by atoms with Crippen molar-refractivity contribution in [2.75, 3.05) is 39.4 Å². The predicted molar refractivity (Wildman–Crippen MR) is 176 cm³/mol. The Bertz CT molecular complexity index is 1540. The summed E-state index contributed by atoms with van der Waals surface area (Å²) in [5.74, 6) is 0.0860. The Kier molecular flexibility index (Phi) is 10.6. The van der Waals surface area contributed by atoms with E-state index >= 15 is 0 Å². The number of carboxylic acid groups (broad SMARTS) is 1. The Morgan fingerprint density at radius 2 is 1.74 bits per heavy atom. The molecular weight excluding hydrogens is 627 g/mol. The third-order valence-electron chi connectivity index (χ3n) is 7.17. The average Bonchev–Trinajstić information content (AvgIpc) is 3.60. The second-order valence-electron chi connectivity index (χ2n) is 10.1. The monoisotopic (exact) mass is 656 g/mol. The topological polar surface area (TPSA) is 79.3 Å². The Morgan fingerprint density at radius 3 is 2.47 bits per heavy atom. The molecule has 0 radical (unpaired) electrons. The summed E-state index contributed by atoms with van der Waals surface area (Å²) in [6.45, 7) is 4.32. The van der Waals surface area contributed by atoms with Crippen LogP contribution in [0.5, 0.6) is 11.5 Å². The molecule has 3 aromatic carbocycles. The molecule has 43 heavy (non-hydrogen) atoms. The van der Waals surface area contributed by atoms with Gasteiger partial charge in [0.2, 0.25) is 0 Å². The van der Waals surface area contributed by atoms with E-state index in [9.17, 15) is 9.59 Å². The molecule has 11 heteroatoms. The van der Waals surface area contributed by atoms with Crippen molar-refractivity contribution in [1.82, 2.24) is 9.80 Å². The van der Waals surface area contributed by atoms with Gasteiger partial charge in [-0.2, -0.15) is 0 Å². The molecular formula is C32H30Cl2N2O5S2. The van der Waals surface area contributed by atoms with Crippen molar-refractivity contribution in [3.05, 3.63) is 86.7 Å². The minimum atomic E-state index is -0.991. The lowest BCUT2D eigenvalue weighted by molar-refractivity contribution is -0.122. The maximum atomic E-state index is 13.4. The summed E-state index contributed by atoms with van der Waals surface area (Å²) in [5, 5.41) is 10.1. The van der Waals surface area contributed by atoms with Crippen LogP contribution in [0.4, 0.5) is 0 Å². The minimum absolute atomic E-state index is 0.168. The minimum Gasteiger partial charge on any atom is -0.494 e. The number of ether oxygens (including phenoxy) is 2. The van der Waals surface area contributed by atoms with Gasteiger partial charge >= 0.3 is 5.97 Å². The molecule has 0 bridgehead atoms. The normalized spacial score (nSPS) is 16.3. The van der Waals surface area contributed by atoms with E-state index in [1.54, 1.807) is 29.2 Å². The number of benzene rings is 3. The Labute approximate surface area is 270 Å². The number of rotatable bonds is 12. The molecule has 0 spiro atoms. The van der Waals surface area contributed by atoms with Gasteiger partial charge in [-0.1, -0.05) is 59.3 Å². The molecule has 7 nitrogen and oxygen atoms in total. The van der Waals surface area contributed by atoms with Crippen molar-refractivity contribution in [3.8, 4) is 22.6 Å². The van der Waals surface area contributed by atoms with E-state index in [1.807, 2.05) is 30.3 Å². The molecule has 2 heterocycles. The van der Waals surface area contributed by atoms with Crippen LogP contribution in [0, 0.1) is 0 Å². The van der Waals surface area contributed by atoms with Gasteiger partial charge in [-0.05, 0) is 92.5 Å². The molecule has 0 saturated carbocycles. The van der Waals surface area contributed by atoms with Crippen LogP contribution in [-0.4, -0.2) is 70.5 Å². The van der Waals surface area contributed by atoms with Crippen LogP contribution < -0.4 is 9.47 Å². The highest BCUT2D eigenvalue weighted by Crippen LogP contribution is 2.37. The highest BCUT2D eigenvalue weighted by atomic mass is 35.5. The lowest BCUT2D eigenvalue weighted by Crippen LogP contribution is -2.29. The standard InChI is InChI=1S/C32H30Cl2N2O5S2/c33-24-7-10-26(27(34)20-24)22-6-11-28(41-17-15-35-12-1-2-13-35)23(18-22)19-29-30(37)36(32(42)43-29)14-3-16-40-25-8-4-21(5-9-25)31(38)39/h4-11,18-20H,1-3,12-17H2,(H,38,39). The van der Waals surface area contributed by atoms with Crippen LogP contribution in [-0.2, 0) is 4.79 Å². The van der Waals surface area contributed by atoms with Crippen molar-refractivity contribution in [3.63, 3.8) is 0 Å². The highest BCUT2D eigenvalue weighted by molar-refractivity contribution is 8.26. The fourth-order valence-electron chi connectivity index (χ4n) is 4.92. The number of carboxylic acids is 1. The SMILES string of the molecule is O=C(O)c1ccc(OCCCN2C(=O)C(=Cc3cc(-c4ccc(Cl)cc4Cl)ccc3OCCN3CCCC3)SC2=S)cc1. The number of aromatic carboxylic acids is 1. The molecule has 0 aliphatic carbocycles. The summed E-state index contributed by atoms with van der Waals surface area (Å²) in [5.41, 5.74) is 2.66. The van der Waals surface area contributed by atoms with Gasteiger partial charge in [-0.3, -0.25) is 14.6 Å². The number of carbonyl (C=O) groups excluding carboxylic acids is 1.